The monoisotopic (exact) mass is 441 g/mol. The second-order valence-corrected chi connectivity index (χ2v) is 7.28. The van der Waals surface area contributed by atoms with E-state index in [1.54, 1.807) is 13.8 Å². The van der Waals surface area contributed by atoms with E-state index in [2.05, 4.69) is 36.5 Å². The number of hydrogen-bond acceptors (Lipinski definition) is 5. The Balaban J connectivity index is 1.72. The van der Waals surface area contributed by atoms with E-state index >= 15 is 0 Å². The van der Waals surface area contributed by atoms with Crippen LogP contribution in [-0.2, 0) is 19.1 Å². The van der Waals surface area contributed by atoms with Gasteiger partial charge in [0.2, 0.25) is 0 Å². The number of hydrogen-bond donors (Lipinski definition) is 1. The summed E-state index contributed by atoms with van der Waals surface area (Å²) < 4.78 is 46.8. The van der Waals surface area contributed by atoms with Crippen molar-refractivity contribution in [1.82, 2.24) is 19.8 Å². The summed E-state index contributed by atoms with van der Waals surface area (Å²) in [6, 6.07) is 3.94. The third kappa shape index (κ3) is 3.11. The van der Waals surface area contributed by atoms with Gasteiger partial charge in [-0.15, -0.1) is 15.3 Å². The normalized spacial score (nSPS) is 13.7. The molecule has 0 atom stereocenters. The molecule has 0 bridgehead atoms. The predicted molar refractivity (Wildman–Crippen MR) is 95.9 cm³/mol. The first-order valence-corrected chi connectivity index (χ1v) is 9.03. The molecule has 27 heavy (non-hydrogen) atoms. The fraction of sp³-hybridized carbons (Fsp3) is 0.353. The fourth-order valence-corrected chi connectivity index (χ4v) is 3.68. The minimum atomic E-state index is -4.63. The summed E-state index contributed by atoms with van der Waals surface area (Å²) in [5.41, 5.74) is 3.42. The molecule has 1 aliphatic rings. The quantitative estimate of drug-likeness (QED) is 0.663. The molecule has 3 aromatic rings. The van der Waals surface area contributed by atoms with E-state index in [9.17, 15) is 13.2 Å². The lowest BCUT2D eigenvalue weighted by Gasteiger charge is -2.14. The van der Waals surface area contributed by atoms with Crippen LogP contribution in [-0.4, -0.2) is 26.4 Å². The zero-order valence-electron chi connectivity index (χ0n) is 14.5. The van der Waals surface area contributed by atoms with E-state index in [4.69, 9.17) is 4.74 Å². The van der Waals surface area contributed by atoms with Gasteiger partial charge in [0, 0.05) is 28.6 Å². The van der Waals surface area contributed by atoms with Crippen LogP contribution in [0.5, 0.6) is 5.75 Å². The molecular weight excluding hydrogens is 427 g/mol. The third-order valence-corrected chi connectivity index (χ3v) is 5.08. The van der Waals surface area contributed by atoms with Crippen molar-refractivity contribution in [2.24, 2.45) is 0 Å². The molecule has 4 rings (SSSR count). The van der Waals surface area contributed by atoms with Gasteiger partial charge in [-0.3, -0.25) is 0 Å². The summed E-state index contributed by atoms with van der Waals surface area (Å²) in [6.07, 6.45) is -3.80. The summed E-state index contributed by atoms with van der Waals surface area (Å²) in [5, 5.41) is 14.1. The minimum absolute atomic E-state index is 0.0945. The van der Waals surface area contributed by atoms with E-state index in [-0.39, 0.29) is 5.65 Å². The molecule has 0 radical (unpaired) electrons. The first kappa shape index (κ1) is 18.0. The molecule has 10 heteroatoms. The molecule has 142 valence electrons. The fourth-order valence-electron chi connectivity index (χ4n) is 3.13. The van der Waals surface area contributed by atoms with Crippen LogP contribution in [0.15, 0.2) is 16.6 Å². The molecular formula is C17H15BrF3N5O. The van der Waals surface area contributed by atoms with Crippen molar-refractivity contribution < 1.29 is 17.9 Å². The lowest BCUT2D eigenvalue weighted by molar-refractivity contribution is -0.146. The maximum absolute atomic E-state index is 13.2. The Morgan fingerprint density at radius 3 is 2.74 bits per heavy atom. The van der Waals surface area contributed by atoms with Crippen molar-refractivity contribution in [3.63, 3.8) is 0 Å². The van der Waals surface area contributed by atoms with Crippen LogP contribution in [0, 0.1) is 13.8 Å². The van der Waals surface area contributed by atoms with Crippen LogP contribution in [0.3, 0.4) is 0 Å². The first-order valence-electron chi connectivity index (χ1n) is 8.23. The van der Waals surface area contributed by atoms with Gasteiger partial charge < -0.3 is 10.1 Å². The molecule has 0 saturated carbocycles. The van der Waals surface area contributed by atoms with Crippen molar-refractivity contribution in [2.75, 3.05) is 11.9 Å². The topological polar surface area (TPSA) is 64.3 Å². The molecule has 1 N–H and O–H groups in total. The molecule has 6 nitrogen and oxygen atoms in total. The maximum Gasteiger partial charge on any atom is 0.453 e. The van der Waals surface area contributed by atoms with Crippen molar-refractivity contribution in [3.8, 4) is 5.75 Å². The molecule has 1 aliphatic heterocycles. The van der Waals surface area contributed by atoms with Gasteiger partial charge in [0.25, 0.3) is 5.82 Å². The van der Waals surface area contributed by atoms with Crippen LogP contribution in [0.4, 0.5) is 19.0 Å². The van der Waals surface area contributed by atoms with Crippen LogP contribution in [0.1, 0.15) is 28.1 Å². The molecule has 0 fully saturated rings. The number of fused-ring (bicyclic) bond motifs is 2. The van der Waals surface area contributed by atoms with Crippen molar-refractivity contribution in [2.45, 2.75) is 33.0 Å². The average Bonchev–Trinajstić information content (AvgIpc) is 3.22. The van der Waals surface area contributed by atoms with Crippen LogP contribution >= 0.6 is 15.9 Å². The number of anilines is 1. The van der Waals surface area contributed by atoms with Gasteiger partial charge >= 0.3 is 6.18 Å². The largest absolute Gasteiger partial charge is 0.493 e. The van der Waals surface area contributed by atoms with Gasteiger partial charge in [0.1, 0.15) is 5.75 Å². The molecule has 3 heterocycles. The summed E-state index contributed by atoms with van der Waals surface area (Å²) in [6.45, 7) is 4.47. The predicted octanol–water partition coefficient (Wildman–Crippen LogP) is 4.07. The van der Waals surface area contributed by atoms with Crippen LogP contribution in [0.2, 0.25) is 0 Å². The first-order chi connectivity index (χ1) is 12.8. The van der Waals surface area contributed by atoms with Crippen LogP contribution < -0.4 is 10.1 Å². The van der Waals surface area contributed by atoms with E-state index in [0.29, 0.717) is 24.5 Å². The molecule has 0 amide bonds. The number of nitrogens with zero attached hydrogens (tertiary/aromatic N) is 4. The summed E-state index contributed by atoms with van der Waals surface area (Å²) in [7, 11) is 0. The number of alkyl halides is 3. The van der Waals surface area contributed by atoms with E-state index < -0.39 is 12.0 Å². The minimum Gasteiger partial charge on any atom is -0.493 e. The van der Waals surface area contributed by atoms with Crippen LogP contribution in [0.25, 0.3) is 5.65 Å². The summed E-state index contributed by atoms with van der Waals surface area (Å²) in [5.74, 6) is 0.0220. The van der Waals surface area contributed by atoms with E-state index in [1.807, 2.05) is 12.1 Å². The maximum atomic E-state index is 13.2. The third-order valence-electron chi connectivity index (χ3n) is 4.62. The number of aromatic nitrogens is 4. The lowest BCUT2D eigenvalue weighted by Crippen LogP contribution is -2.15. The number of rotatable bonds is 3. The molecule has 1 aromatic carbocycles. The average molecular weight is 442 g/mol. The Labute approximate surface area is 160 Å². The molecule has 0 saturated heterocycles. The Kier molecular flexibility index (Phi) is 4.25. The highest BCUT2D eigenvalue weighted by Crippen LogP contribution is 2.34. The Morgan fingerprint density at radius 2 is 2.00 bits per heavy atom. The van der Waals surface area contributed by atoms with Gasteiger partial charge in [-0.05, 0) is 37.1 Å². The van der Waals surface area contributed by atoms with Crippen molar-refractivity contribution >= 4 is 27.4 Å². The number of halogens is 4. The van der Waals surface area contributed by atoms with Gasteiger partial charge in [0.15, 0.2) is 11.5 Å². The van der Waals surface area contributed by atoms with Gasteiger partial charge in [0.05, 0.1) is 6.61 Å². The Bertz CT molecular complexity index is 1050. The number of benzene rings is 1. The highest BCUT2D eigenvalue weighted by Gasteiger charge is 2.38. The number of nitrogens with one attached hydrogen (secondary N) is 1. The number of ether oxygens (including phenoxy) is 1. The SMILES string of the molecule is Cc1c(NCc2cc(Br)cc3c2OCC3)nn2c(C(F)(F)F)nnc2c1C. The van der Waals surface area contributed by atoms with Crippen molar-refractivity contribution in [3.05, 3.63) is 44.7 Å². The van der Waals surface area contributed by atoms with Crippen molar-refractivity contribution in [1.29, 1.82) is 0 Å². The highest BCUT2D eigenvalue weighted by atomic mass is 79.9. The lowest BCUT2D eigenvalue weighted by atomic mass is 10.1. The van der Waals surface area contributed by atoms with Gasteiger partial charge in [-0.2, -0.15) is 17.7 Å². The molecule has 0 unspecified atom stereocenters. The smallest absolute Gasteiger partial charge is 0.453 e. The number of aryl methyl sites for hydroxylation is 1. The standard InChI is InChI=1S/C17H15BrF3N5O/c1-8-9(2)15-23-24-16(17(19,20)21)26(15)25-14(8)22-7-11-6-12(18)5-10-3-4-27-13(10)11/h5-6H,3-4,7H2,1-2H3,(H,22,25). The van der Waals surface area contributed by atoms with Gasteiger partial charge in [-0.1, -0.05) is 15.9 Å². The Morgan fingerprint density at radius 1 is 1.22 bits per heavy atom. The molecule has 0 spiro atoms. The Hall–Kier alpha value is -2.36. The molecule has 2 aromatic heterocycles. The van der Waals surface area contributed by atoms with E-state index in [0.717, 1.165) is 37.8 Å². The summed E-state index contributed by atoms with van der Waals surface area (Å²) in [4.78, 5) is 0. The zero-order valence-corrected chi connectivity index (χ0v) is 16.1. The second-order valence-electron chi connectivity index (χ2n) is 6.36. The zero-order chi connectivity index (χ0) is 19.3. The summed E-state index contributed by atoms with van der Waals surface area (Å²) >= 11 is 3.48. The highest BCUT2D eigenvalue weighted by molar-refractivity contribution is 9.10. The van der Waals surface area contributed by atoms with Gasteiger partial charge in [-0.25, -0.2) is 0 Å². The van der Waals surface area contributed by atoms with E-state index in [1.165, 1.54) is 0 Å². The second kappa shape index (κ2) is 6.36. The molecule has 0 aliphatic carbocycles.